The lowest BCUT2D eigenvalue weighted by atomic mass is 9.72. The molecule has 0 aliphatic carbocycles. The van der Waals surface area contributed by atoms with E-state index in [1.54, 1.807) is 84.0 Å². The van der Waals surface area contributed by atoms with E-state index >= 15 is 0 Å². The van der Waals surface area contributed by atoms with Crippen LogP contribution in [0.3, 0.4) is 0 Å². The minimum absolute atomic E-state index is 0.00427. The molecular weight excluding hydrogens is 545 g/mol. The van der Waals surface area contributed by atoms with Gasteiger partial charge in [0.1, 0.15) is 11.0 Å². The average Bonchev–Trinajstić information content (AvgIpc) is 3.09. The fraction of sp³-hybridized carbons (Fsp3) is 0.464. The van der Waals surface area contributed by atoms with E-state index < -0.39 is 42.2 Å². The van der Waals surface area contributed by atoms with Gasteiger partial charge in [-0.3, -0.25) is 14.2 Å². The third kappa shape index (κ3) is 6.22. The first-order valence-corrected chi connectivity index (χ1v) is 14.8. The quantitative estimate of drug-likeness (QED) is 0.232. The van der Waals surface area contributed by atoms with Crippen LogP contribution in [0.15, 0.2) is 48.5 Å². The summed E-state index contributed by atoms with van der Waals surface area (Å²) >= 11 is 6.32. The normalized spacial score (nSPS) is 18.0. The van der Waals surface area contributed by atoms with Crippen molar-refractivity contribution in [1.82, 2.24) is 0 Å². The number of halogens is 1. The number of nitrogens with zero attached hydrogens (tertiary/aromatic N) is 1. The molecule has 212 valence electrons. The maximum absolute atomic E-state index is 14.5. The Morgan fingerprint density at radius 2 is 1.62 bits per heavy atom. The summed E-state index contributed by atoms with van der Waals surface area (Å²) in [5.41, 5.74) is -2.97. The number of anilines is 1. The highest BCUT2D eigenvalue weighted by Crippen LogP contribution is 2.60. The molecule has 0 spiro atoms. The van der Waals surface area contributed by atoms with Gasteiger partial charge in [-0.15, -0.1) is 0 Å². The van der Waals surface area contributed by atoms with Gasteiger partial charge in [0.15, 0.2) is 5.66 Å². The number of rotatable bonds is 10. The third-order valence-corrected chi connectivity index (χ3v) is 8.76. The molecule has 3 rings (SSSR count). The second-order valence-corrected chi connectivity index (χ2v) is 12.6. The molecule has 0 aromatic heterocycles. The molecule has 0 saturated carbocycles. The molecule has 0 fully saturated rings. The van der Waals surface area contributed by atoms with E-state index in [2.05, 4.69) is 0 Å². The first kappa shape index (κ1) is 30.8. The molecule has 0 N–H and O–H groups in total. The largest absolute Gasteiger partial charge is 0.465 e. The van der Waals surface area contributed by atoms with Crippen molar-refractivity contribution in [1.29, 1.82) is 0 Å². The Morgan fingerprint density at radius 1 is 1.00 bits per heavy atom. The Labute approximate surface area is 234 Å². The van der Waals surface area contributed by atoms with Crippen molar-refractivity contribution < 1.29 is 37.5 Å². The van der Waals surface area contributed by atoms with Crippen LogP contribution < -0.4 is 4.90 Å². The highest BCUT2D eigenvalue weighted by atomic mass is 35.5. The Balaban J connectivity index is 2.33. The molecule has 2 aromatic carbocycles. The van der Waals surface area contributed by atoms with Crippen molar-refractivity contribution in [2.75, 3.05) is 24.7 Å². The molecule has 2 atom stereocenters. The molecule has 2 amide bonds. The van der Waals surface area contributed by atoms with Crippen LogP contribution in [0.25, 0.3) is 0 Å². The van der Waals surface area contributed by atoms with Gasteiger partial charge in [0.25, 0.3) is 5.91 Å². The molecule has 9 nitrogen and oxygen atoms in total. The predicted octanol–water partition coefficient (Wildman–Crippen LogP) is 6.50. The maximum atomic E-state index is 14.5. The van der Waals surface area contributed by atoms with E-state index in [0.717, 1.165) is 4.90 Å². The van der Waals surface area contributed by atoms with E-state index in [0.29, 0.717) is 11.1 Å². The molecule has 11 heteroatoms. The van der Waals surface area contributed by atoms with Crippen LogP contribution in [0.1, 0.15) is 59.1 Å². The smallest absolute Gasteiger partial charge is 0.421 e. The number of carbonyl (C=O) groups is 3. The molecule has 39 heavy (non-hydrogen) atoms. The number of ether oxygens (including phenoxy) is 2. The monoisotopic (exact) mass is 579 g/mol. The van der Waals surface area contributed by atoms with Gasteiger partial charge in [0.05, 0.1) is 25.5 Å². The second-order valence-electron chi connectivity index (χ2n) is 9.90. The summed E-state index contributed by atoms with van der Waals surface area (Å²) < 4.78 is 36.1. The lowest BCUT2D eigenvalue weighted by Gasteiger charge is -2.34. The molecule has 0 unspecified atom stereocenters. The molecule has 1 heterocycles. The number of benzene rings is 2. The van der Waals surface area contributed by atoms with Gasteiger partial charge in [-0.05, 0) is 71.2 Å². The van der Waals surface area contributed by atoms with Crippen molar-refractivity contribution >= 4 is 42.9 Å². The summed E-state index contributed by atoms with van der Waals surface area (Å²) in [6.07, 6.45) is -1.26. The van der Waals surface area contributed by atoms with Crippen molar-refractivity contribution in [3.8, 4) is 0 Å². The number of imide groups is 1. The summed E-state index contributed by atoms with van der Waals surface area (Å²) in [6.45, 7) is 9.94. The number of amides is 2. The Bertz CT molecular complexity index is 1250. The van der Waals surface area contributed by atoms with Crippen LogP contribution in [0.4, 0.5) is 10.5 Å². The Kier molecular flexibility index (Phi) is 9.65. The minimum atomic E-state index is -4.14. The van der Waals surface area contributed by atoms with E-state index in [9.17, 15) is 18.9 Å². The highest BCUT2D eigenvalue weighted by Gasteiger charge is 2.59. The lowest BCUT2D eigenvalue weighted by Crippen LogP contribution is -2.48. The van der Waals surface area contributed by atoms with Crippen LogP contribution in [0, 0.1) is 0 Å². The zero-order valence-electron chi connectivity index (χ0n) is 23.1. The number of carbonyl (C=O) groups excluding carboxylic acids is 3. The summed E-state index contributed by atoms with van der Waals surface area (Å²) in [5.74, 6) is -1.52. The van der Waals surface area contributed by atoms with Crippen LogP contribution >= 0.6 is 19.2 Å². The SMILES string of the molecule is CCOC(=O)[C@H](C[C@]1(c2ccccc2)C(=O)N(C(=O)OC(C)(C)C)c2cc(Cl)ccc21)P(=O)(OCC)OCC. The van der Waals surface area contributed by atoms with Crippen LogP contribution in [0.5, 0.6) is 0 Å². The molecular formula is C28H35ClNO8P. The minimum Gasteiger partial charge on any atom is -0.465 e. The first-order valence-electron chi connectivity index (χ1n) is 12.8. The summed E-state index contributed by atoms with van der Waals surface area (Å²) in [4.78, 5) is 42.3. The molecule has 1 aliphatic heterocycles. The zero-order valence-corrected chi connectivity index (χ0v) is 24.7. The van der Waals surface area contributed by atoms with E-state index in [-0.39, 0.29) is 37.0 Å². The first-order chi connectivity index (χ1) is 18.3. The zero-order chi connectivity index (χ0) is 29.0. The predicted molar refractivity (Wildman–Crippen MR) is 148 cm³/mol. The number of hydrogen-bond donors (Lipinski definition) is 0. The average molecular weight is 580 g/mol. The van der Waals surface area contributed by atoms with Crippen LogP contribution in [0.2, 0.25) is 5.02 Å². The standard InChI is InChI=1S/C28H35ClNO8P/c1-7-35-24(31)23(39(34,36-8-2)37-9-3)18-28(19-13-11-10-12-14-19)21-16-15-20(29)17-22(21)30(25(28)32)26(33)38-27(4,5)6/h10-17,23H,7-9,18H2,1-6H3/t23-,28+/m0/s1. The fourth-order valence-corrected chi connectivity index (χ4v) is 6.85. The fourth-order valence-electron chi connectivity index (χ4n) is 4.70. The summed E-state index contributed by atoms with van der Waals surface area (Å²) in [5, 5.41) is 0.287. The molecule has 0 radical (unpaired) electrons. The highest BCUT2D eigenvalue weighted by molar-refractivity contribution is 7.55. The number of hydrogen-bond acceptors (Lipinski definition) is 8. The van der Waals surface area contributed by atoms with E-state index in [1.807, 2.05) is 0 Å². The van der Waals surface area contributed by atoms with Crippen LogP contribution in [-0.4, -0.2) is 49.1 Å². The molecule has 0 saturated heterocycles. The van der Waals surface area contributed by atoms with Gasteiger partial charge >= 0.3 is 19.7 Å². The third-order valence-electron chi connectivity index (χ3n) is 6.13. The lowest BCUT2D eigenvalue weighted by molar-refractivity contribution is -0.143. The maximum Gasteiger partial charge on any atom is 0.421 e. The van der Waals surface area contributed by atoms with Gasteiger partial charge in [-0.1, -0.05) is 48.0 Å². The van der Waals surface area contributed by atoms with Gasteiger partial charge in [0.2, 0.25) is 0 Å². The Hall–Kier alpha value is -2.71. The van der Waals surface area contributed by atoms with Crippen molar-refractivity contribution in [2.45, 2.75) is 64.6 Å². The van der Waals surface area contributed by atoms with E-state index in [4.69, 9.17) is 30.1 Å². The Morgan fingerprint density at radius 3 is 2.15 bits per heavy atom. The summed E-state index contributed by atoms with van der Waals surface area (Å²) in [6, 6.07) is 13.4. The second kappa shape index (κ2) is 12.2. The number of esters is 1. The van der Waals surface area contributed by atoms with Crippen LogP contribution in [-0.2, 0) is 38.1 Å². The molecule has 0 bridgehead atoms. The van der Waals surface area contributed by atoms with Gasteiger partial charge in [-0.25, -0.2) is 9.69 Å². The topological polar surface area (TPSA) is 108 Å². The van der Waals surface area contributed by atoms with Crippen molar-refractivity contribution in [3.63, 3.8) is 0 Å². The molecule has 1 aliphatic rings. The van der Waals surface area contributed by atoms with Gasteiger partial charge < -0.3 is 18.5 Å². The van der Waals surface area contributed by atoms with Crippen molar-refractivity contribution in [2.24, 2.45) is 0 Å². The van der Waals surface area contributed by atoms with Gasteiger partial charge in [0, 0.05) is 5.02 Å². The number of fused-ring (bicyclic) bond motifs is 1. The molecule has 2 aromatic rings. The van der Waals surface area contributed by atoms with Crippen molar-refractivity contribution in [3.05, 3.63) is 64.7 Å². The summed E-state index contributed by atoms with van der Waals surface area (Å²) in [7, 11) is -4.14. The van der Waals surface area contributed by atoms with E-state index in [1.165, 1.54) is 6.07 Å². The van der Waals surface area contributed by atoms with Gasteiger partial charge in [-0.2, -0.15) is 0 Å².